The van der Waals surface area contributed by atoms with Crippen LogP contribution in [0, 0.1) is 0 Å². The molecule has 0 bridgehead atoms. The highest BCUT2D eigenvalue weighted by Gasteiger charge is 2.03. The van der Waals surface area contributed by atoms with Gasteiger partial charge in [-0.15, -0.1) is 0 Å². The number of nitrogens with zero attached hydrogens (tertiary/aromatic N) is 1. The van der Waals surface area contributed by atoms with E-state index in [-0.39, 0.29) is 0 Å². The molecule has 0 aromatic heterocycles. The van der Waals surface area contributed by atoms with Gasteiger partial charge in [0.25, 0.3) is 0 Å². The molecule has 4 nitrogen and oxygen atoms in total. The Kier molecular flexibility index (Phi) is 16.3. The first-order chi connectivity index (χ1) is 6.31. The summed E-state index contributed by atoms with van der Waals surface area (Å²) in [4.78, 5) is 11.7. The van der Waals surface area contributed by atoms with Gasteiger partial charge < -0.3 is 20.1 Å². The quantitative estimate of drug-likeness (QED) is 0.588. The van der Waals surface area contributed by atoms with Gasteiger partial charge in [0.05, 0.1) is 6.54 Å². The van der Waals surface area contributed by atoms with Crippen molar-refractivity contribution in [1.82, 2.24) is 10.2 Å². The van der Waals surface area contributed by atoms with Crippen LogP contribution in [0.5, 0.6) is 0 Å². The van der Waals surface area contributed by atoms with Crippen molar-refractivity contribution < 1.29 is 9.90 Å². The van der Waals surface area contributed by atoms with E-state index in [4.69, 9.17) is 5.11 Å². The molecule has 0 aromatic rings. The lowest BCUT2D eigenvalue weighted by molar-refractivity contribution is -0.107. The van der Waals surface area contributed by atoms with Crippen LogP contribution < -0.4 is 5.32 Å². The Bertz CT molecular complexity index is 93.6. The third-order valence-corrected chi connectivity index (χ3v) is 1.62. The minimum Gasteiger partial charge on any atom is -0.400 e. The molecule has 1 fully saturated rings. The van der Waals surface area contributed by atoms with E-state index >= 15 is 0 Å². The first-order valence-corrected chi connectivity index (χ1v) is 4.52. The van der Waals surface area contributed by atoms with Crippen molar-refractivity contribution in [3.05, 3.63) is 0 Å². The van der Waals surface area contributed by atoms with Crippen LogP contribution in [0.3, 0.4) is 0 Å². The highest BCUT2D eigenvalue weighted by Crippen LogP contribution is 2.01. The maximum Gasteiger partial charge on any atom is 0.133 e. The summed E-state index contributed by atoms with van der Waals surface area (Å²) in [6, 6.07) is 0. The van der Waals surface area contributed by atoms with Crippen LogP contribution >= 0.6 is 0 Å². The average molecular weight is 190 g/mol. The first kappa shape index (κ1) is 15.0. The number of carbonyl (C=O) groups excluding carboxylic acids is 1. The van der Waals surface area contributed by atoms with Crippen LogP contribution in [0.2, 0.25) is 0 Å². The van der Waals surface area contributed by atoms with Crippen molar-refractivity contribution in [1.29, 1.82) is 0 Å². The third-order valence-electron chi connectivity index (χ3n) is 1.62. The van der Waals surface area contributed by atoms with Gasteiger partial charge in [0.1, 0.15) is 6.29 Å². The topological polar surface area (TPSA) is 52.6 Å². The molecule has 1 aliphatic heterocycles. The molecule has 0 unspecified atom stereocenters. The lowest BCUT2D eigenvalue weighted by Crippen LogP contribution is -2.10. The Morgan fingerprint density at radius 3 is 1.92 bits per heavy atom. The number of carbonyl (C=O) groups is 1. The number of aliphatic hydroxyl groups is 1. The third kappa shape index (κ3) is 14.4. The van der Waals surface area contributed by atoms with Crippen LogP contribution in [0.1, 0.15) is 12.8 Å². The second kappa shape index (κ2) is 14.1. The molecule has 0 atom stereocenters. The Hall–Kier alpha value is -0.450. The van der Waals surface area contributed by atoms with Crippen LogP contribution in [0.4, 0.5) is 0 Å². The molecule has 1 aliphatic rings. The van der Waals surface area contributed by atoms with Gasteiger partial charge in [0.15, 0.2) is 0 Å². The van der Waals surface area contributed by atoms with Gasteiger partial charge in [-0.3, -0.25) is 0 Å². The molecule has 0 aliphatic carbocycles. The Morgan fingerprint density at radius 1 is 1.38 bits per heavy atom. The molecule has 4 heteroatoms. The smallest absolute Gasteiger partial charge is 0.133 e. The molecule has 2 N–H and O–H groups in total. The summed E-state index contributed by atoms with van der Waals surface area (Å²) in [7, 11) is 4.90. The Balaban J connectivity index is 0. The van der Waals surface area contributed by atoms with Gasteiger partial charge in [-0.2, -0.15) is 0 Å². The molecule has 0 amide bonds. The monoisotopic (exact) mass is 190 g/mol. The minimum atomic E-state index is 0.458. The summed E-state index contributed by atoms with van der Waals surface area (Å²) in [5.74, 6) is 0. The predicted octanol–water partition coefficient (Wildman–Crippen LogP) is -0.275. The molecule has 0 aromatic carbocycles. The number of aliphatic hydroxyl groups excluding tert-OH is 1. The van der Waals surface area contributed by atoms with Crippen LogP contribution in [-0.2, 0) is 4.79 Å². The van der Waals surface area contributed by atoms with Crippen molar-refractivity contribution in [3.8, 4) is 0 Å². The van der Waals surface area contributed by atoms with Crippen molar-refractivity contribution >= 4 is 6.29 Å². The minimum absolute atomic E-state index is 0.458. The SMILES string of the molecule is CN1CCCC1.CNCC=O.CO. The molecule has 13 heavy (non-hydrogen) atoms. The Morgan fingerprint density at radius 2 is 1.85 bits per heavy atom. The average Bonchev–Trinajstić information content (AvgIpc) is 2.62. The summed E-state index contributed by atoms with van der Waals surface area (Å²) >= 11 is 0. The number of nitrogens with one attached hydrogen (secondary N) is 1. The normalized spacial score (nSPS) is 15.1. The molecular formula is C9H22N2O2. The van der Waals surface area contributed by atoms with Gasteiger partial charge in [-0.05, 0) is 40.0 Å². The van der Waals surface area contributed by atoms with E-state index in [0.29, 0.717) is 6.54 Å². The molecule has 0 spiro atoms. The number of aldehydes is 1. The van der Waals surface area contributed by atoms with Crippen molar-refractivity contribution in [2.24, 2.45) is 0 Å². The molecule has 0 radical (unpaired) electrons. The van der Waals surface area contributed by atoms with Gasteiger partial charge in [-0.25, -0.2) is 0 Å². The lowest BCUT2D eigenvalue weighted by atomic mass is 10.4. The van der Waals surface area contributed by atoms with Gasteiger partial charge >= 0.3 is 0 Å². The van der Waals surface area contributed by atoms with E-state index in [1.807, 2.05) is 0 Å². The number of likely N-dealkylation sites (N-methyl/N-ethyl adjacent to an activating group) is 1. The maximum absolute atomic E-state index is 9.34. The largest absolute Gasteiger partial charge is 0.400 e. The van der Waals surface area contributed by atoms with E-state index < -0.39 is 0 Å². The molecule has 1 saturated heterocycles. The highest BCUT2D eigenvalue weighted by molar-refractivity contribution is 5.51. The van der Waals surface area contributed by atoms with Crippen LogP contribution in [0.15, 0.2) is 0 Å². The van der Waals surface area contributed by atoms with E-state index in [0.717, 1.165) is 13.4 Å². The van der Waals surface area contributed by atoms with Gasteiger partial charge in [0, 0.05) is 7.11 Å². The summed E-state index contributed by atoms with van der Waals surface area (Å²) in [5, 5.41) is 9.65. The summed E-state index contributed by atoms with van der Waals surface area (Å²) in [6.45, 7) is 3.10. The second-order valence-electron chi connectivity index (χ2n) is 2.73. The molecular weight excluding hydrogens is 168 g/mol. The fourth-order valence-corrected chi connectivity index (χ4v) is 0.959. The summed E-state index contributed by atoms with van der Waals surface area (Å²) in [6.07, 6.45) is 3.65. The first-order valence-electron chi connectivity index (χ1n) is 4.52. The van der Waals surface area contributed by atoms with Crippen LogP contribution in [0.25, 0.3) is 0 Å². The standard InChI is InChI=1S/C5H11N.C3H7NO.CH4O/c1-6-4-2-3-5-6;1-4-2-3-5;1-2/h2-5H2,1H3;3-4H,2H2,1H3;2H,1H3. The lowest BCUT2D eigenvalue weighted by Gasteiger charge is -2.01. The molecule has 1 heterocycles. The molecule has 0 saturated carbocycles. The van der Waals surface area contributed by atoms with Crippen LogP contribution in [-0.4, -0.2) is 57.1 Å². The summed E-state index contributed by atoms with van der Waals surface area (Å²) in [5.41, 5.74) is 0. The molecule has 80 valence electrons. The second-order valence-corrected chi connectivity index (χ2v) is 2.73. The van der Waals surface area contributed by atoms with E-state index in [1.165, 1.54) is 25.9 Å². The zero-order valence-electron chi connectivity index (χ0n) is 8.92. The zero-order chi connectivity index (χ0) is 10.5. The fourth-order valence-electron chi connectivity index (χ4n) is 0.959. The van der Waals surface area contributed by atoms with Crippen molar-refractivity contribution in [2.75, 3.05) is 40.8 Å². The number of likely N-dealkylation sites (tertiary alicyclic amines) is 1. The Labute approximate surface area is 80.9 Å². The van der Waals surface area contributed by atoms with Gasteiger partial charge in [-0.1, -0.05) is 0 Å². The fraction of sp³-hybridized carbons (Fsp3) is 0.889. The maximum atomic E-state index is 9.34. The summed E-state index contributed by atoms with van der Waals surface area (Å²) < 4.78 is 0. The van der Waals surface area contributed by atoms with Crippen molar-refractivity contribution in [3.63, 3.8) is 0 Å². The van der Waals surface area contributed by atoms with E-state index in [9.17, 15) is 4.79 Å². The van der Waals surface area contributed by atoms with E-state index in [2.05, 4.69) is 17.3 Å². The number of hydrogen-bond donors (Lipinski definition) is 2. The number of rotatable bonds is 2. The zero-order valence-corrected chi connectivity index (χ0v) is 8.92. The van der Waals surface area contributed by atoms with Gasteiger partial charge in [0.2, 0.25) is 0 Å². The van der Waals surface area contributed by atoms with E-state index in [1.54, 1.807) is 7.05 Å². The molecule has 1 rings (SSSR count). The highest BCUT2D eigenvalue weighted by atomic mass is 16.2. The predicted molar refractivity (Wildman–Crippen MR) is 54.9 cm³/mol. The van der Waals surface area contributed by atoms with Crippen molar-refractivity contribution in [2.45, 2.75) is 12.8 Å². The number of hydrogen-bond acceptors (Lipinski definition) is 4.